The Bertz CT molecular complexity index is 627. The third kappa shape index (κ3) is 6.48. The molecule has 138 valence electrons. The maximum absolute atomic E-state index is 4.30. The van der Waals surface area contributed by atoms with E-state index in [4.69, 9.17) is 0 Å². The zero-order chi connectivity index (χ0) is 17.4. The van der Waals surface area contributed by atoms with Crippen LogP contribution >= 0.6 is 0 Å². The quantitative estimate of drug-likeness (QED) is 0.398. The maximum Gasteiger partial charge on any atom is 0.421 e. The SMILES string of the molecule is CCN(CC)CCCNc1ccc(/N=N/c2n(C)cc[n+]2C)cc1.[Cl-]. The first kappa shape index (κ1) is 21.1. The average Bonchev–Trinajstić information content (AvgIpc) is 2.92. The summed E-state index contributed by atoms with van der Waals surface area (Å²) in [5, 5.41) is 12.1. The number of rotatable bonds is 9. The summed E-state index contributed by atoms with van der Waals surface area (Å²) in [6, 6.07) is 8.08. The van der Waals surface area contributed by atoms with Gasteiger partial charge in [0.2, 0.25) is 0 Å². The summed E-state index contributed by atoms with van der Waals surface area (Å²) in [6.07, 6.45) is 5.06. The van der Waals surface area contributed by atoms with Crippen LogP contribution < -0.4 is 22.3 Å². The van der Waals surface area contributed by atoms with E-state index in [-0.39, 0.29) is 12.4 Å². The molecule has 0 saturated carbocycles. The van der Waals surface area contributed by atoms with Crippen LogP contribution in [0, 0.1) is 0 Å². The Hall–Kier alpha value is -1.92. The second-order valence-corrected chi connectivity index (χ2v) is 5.87. The monoisotopic (exact) mass is 364 g/mol. The van der Waals surface area contributed by atoms with Crippen molar-refractivity contribution in [3.63, 3.8) is 0 Å². The molecule has 0 fully saturated rings. The predicted molar refractivity (Wildman–Crippen MR) is 98.1 cm³/mol. The predicted octanol–water partition coefficient (Wildman–Crippen LogP) is 0.413. The number of azo groups is 1. The van der Waals surface area contributed by atoms with Crippen LogP contribution in [0.15, 0.2) is 46.9 Å². The number of benzene rings is 1. The minimum atomic E-state index is 0. The molecule has 0 aliphatic carbocycles. The molecule has 0 radical (unpaired) electrons. The summed E-state index contributed by atoms with van der Waals surface area (Å²) in [4.78, 5) is 2.44. The zero-order valence-corrected chi connectivity index (χ0v) is 16.4. The number of imidazole rings is 1. The highest BCUT2D eigenvalue weighted by molar-refractivity contribution is 5.50. The van der Waals surface area contributed by atoms with Crippen molar-refractivity contribution in [2.45, 2.75) is 20.3 Å². The molecule has 1 heterocycles. The van der Waals surface area contributed by atoms with Crippen LogP contribution in [-0.4, -0.2) is 35.6 Å². The van der Waals surface area contributed by atoms with Crippen LogP contribution in [0.5, 0.6) is 0 Å². The fourth-order valence-corrected chi connectivity index (χ4v) is 2.55. The van der Waals surface area contributed by atoms with E-state index in [1.807, 2.05) is 47.8 Å². The summed E-state index contributed by atoms with van der Waals surface area (Å²) in [6.45, 7) is 8.78. The normalized spacial score (nSPS) is 11.1. The number of halogens is 1. The summed E-state index contributed by atoms with van der Waals surface area (Å²) < 4.78 is 3.88. The largest absolute Gasteiger partial charge is 1.00 e. The van der Waals surface area contributed by atoms with Crippen LogP contribution in [0.4, 0.5) is 17.3 Å². The van der Waals surface area contributed by atoms with Crippen molar-refractivity contribution >= 4 is 17.3 Å². The van der Waals surface area contributed by atoms with Gasteiger partial charge in [-0.05, 0) is 50.3 Å². The van der Waals surface area contributed by atoms with Crippen molar-refractivity contribution in [2.75, 3.05) is 31.5 Å². The minimum absolute atomic E-state index is 0. The summed E-state index contributed by atoms with van der Waals surface area (Å²) in [5.74, 6) is 0.814. The van der Waals surface area contributed by atoms with Gasteiger partial charge in [0, 0.05) is 17.3 Å². The van der Waals surface area contributed by atoms with Gasteiger partial charge in [-0.25, -0.2) is 9.13 Å². The van der Waals surface area contributed by atoms with E-state index in [2.05, 4.69) is 46.4 Å². The fraction of sp³-hybridized carbons (Fsp3) is 0.500. The van der Waals surface area contributed by atoms with Crippen LogP contribution in [0.25, 0.3) is 0 Å². The lowest BCUT2D eigenvalue weighted by atomic mass is 10.3. The van der Waals surface area contributed by atoms with E-state index in [9.17, 15) is 0 Å². The number of anilines is 1. The first-order valence-electron chi connectivity index (χ1n) is 8.63. The molecule has 0 amide bonds. The van der Waals surface area contributed by atoms with Crippen molar-refractivity contribution in [1.29, 1.82) is 0 Å². The van der Waals surface area contributed by atoms with Crippen molar-refractivity contribution in [3.8, 4) is 0 Å². The van der Waals surface area contributed by atoms with Gasteiger partial charge in [-0.3, -0.25) is 0 Å². The summed E-state index contributed by atoms with van der Waals surface area (Å²) in [5.41, 5.74) is 1.97. The summed E-state index contributed by atoms with van der Waals surface area (Å²) in [7, 11) is 3.92. The molecular formula is C18H29ClN6. The Morgan fingerprint density at radius 2 is 1.80 bits per heavy atom. The molecule has 0 saturated heterocycles. The molecule has 0 bridgehead atoms. The fourth-order valence-electron chi connectivity index (χ4n) is 2.55. The van der Waals surface area contributed by atoms with Gasteiger partial charge in [0.15, 0.2) is 0 Å². The Morgan fingerprint density at radius 1 is 1.12 bits per heavy atom. The molecule has 7 heteroatoms. The second kappa shape index (κ2) is 10.8. The number of nitrogens with zero attached hydrogens (tertiary/aromatic N) is 5. The maximum atomic E-state index is 4.30. The van der Waals surface area contributed by atoms with Crippen LogP contribution in [0.3, 0.4) is 0 Å². The molecule has 6 nitrogen and oxygen atoms in total. The first-order chi connectivity index (χ1) is 11.6. The third-order valence-corrected chi connectivity index (χ3v) is 4.14. The number of aromatic nitrogens is 2. The van der Waals surface area contributed by atoms with Crippen LogP contribution in [0.1, 0.15) is 20.3 Å². The average molecular weight is 365 g/mol. The Morgan fingerprint density at radius 3 is 2.36 bits per heavy atom. The highest BCUT2D eigenvalue weighted by atomic mass is 35.5. The molecule has 1 aromatic heterocycles. The number of nitrogens with one attached hydrogen (secondary N) is 1. The molecule has 1 N–H and O–H groups in total. The molecule has 25 heavy (non-hydrogen) atoms. The van der Waals surface area contributed by atoms with Gasteiger partial charge in [-0.2, -0.15) is 0 Å². The molecule has 0 spiro atoms. The van der Waals surface area contributed by atoms with Crippen molar-refractivity contribution in [2.24, 2.45) is 24.3 Å². The van der Waals surface area contributed by atoms with E-state index in [0.29, 0.717) is 0 Å². The Kier molecular flexibility index (Phi) is 9.16. The molecule has 1 aromatic carbocycles. The molecule has 0 aliphatic heterocycles. The van der Waals surface area contributed by atoms with E-state index in [1.165, 1.54) is 0 Å². The van der Waals surface area contributed by atoms with Gasteiger partial charge in [0.25, 0.3) is 0 Å². The van der Waals surface area contributed by atoms with Crippen LogP contribution in [0.2, 0.25) is 0 Å². The molecule has 0 unspecified atom stereocenters. The van der Waals surface area contributed by atoms with E-state index in [0.717, 1.165) is 49.9 Å². The standard InChI is InChI=1S/C18H28N6.ClH/c1-5-24(6-2)13-7-12-19-16-8-10-17(11-9-16)20-21-18-22(3)14-15-23(18)4;/h8-11,14-15H,5-7,12-13H2,1-4H3;1H. The lowest BCUT2D eigenvalue weighted by Gasteiger charge is -2.17. The lowest BCUT2D eigenvalue weighted by Crippen LogP contribution is -3.00. The summed E-state index contributed by atoms with van der Waals surface area (Å²) >= 11 is 0. The zero-order valence-electron chi connectivity index (χ0n) is 15.6. The minimum Gasteiger partial charge on any atom is -1.00 e. The lowest BCUT2D eigenvalue weighted by molar-refractivity contribution is -0.657. The van der Waals surface area contributed by atoms with Gasteiger partial charge in [0.05, 0.1) is 26.5 Å². The molecule has 0 atom stereocenters. The van der Waals surface area contributed by atoms with E-state index >= 15 is 0 Å². The number of hydrogen-bond donors (Lipinski definition) is 1. The van der Waals surface area contributed by atoms with Crippen molar-refractivity contribution in [3.05, 3.63) is 36.7 Å². The molecule has 2 rings (SSSR count). The van der Waals surface area contributed by atoms with Gasteiger partial charge in [-0.1, -0.05) is 19.0 Å². The smallest absolute Gasteiger partial charge is 0.421 e. The Labute approximate surface area is 157 Å². The molecular weight excluding hydrogens is 336 g/mol. The van der Waals surface area contributed by atoms with Crippen LogP contribution in [-0.2, 0) is 14.1 Å². The molecule has 0 aliphatic rings. The number of hydrogen-bond acceptors (Lipinski definition) is 4. The van der Waals surface area contributed by atoms with Gasteiger partial charge >= 0.3 is 5.95 Å². The van der Waals surface area contributed by atoms with Crippen molar-refractivity contribution < 1.29 is 17.0 Å². The van der Waals surface area contributed by atoms with Gasteiger partial charge < -0.3 is 22.6 Å². The van der Waals surface area contributed by atoms with Crippen molar-refractivity contribution in [1.82, 2.24) is 9.47 Å². The van der Waals surface area contributed by atoms with Gasteiger partial charge in [0.1, 0.15) is 5.69 Å². The highest BCUT2D eigenvalue weighted by Gasteiger charge is 2.10. The highest BCUT2D eigenvalue weighted by Crippen LogP contribution is 2.18. The van der Waals surface area contributed by atoms with E-state index in [1.54, 1.807) is 0 Å². The topological polar surface area (TPSA) is 48.8 Å². The first-order valence-corrected chi connectivity index (χ1v) is 8.63. The number of aryl methyl sites for hydroxylation is 2. The Balaban J connectivity index is 0.00000312. The van der Waals surface area contributed by atoms with Gasteiger partial charge in [-0.15, -0.1) is 0 Å². The van der Waals surface area contributed by atoms with E-state index < -0.39 is 0 Å². The second-order valence-electron chi connectivity index (χ2n) is 5.87. The molecule has 2 aromatic rings. The third-order valence-electron chi connectivity index (χ3n) is 4.14.